The average molecular weight is 495 g/mol. The third kappa shape index (κ3) is 5.61. The van der Waals surface area contributed by atoms with Gasteiger partial charge in [-0.05, 0) is 53.4 Å². The minimum atomic E-state index is -1.52. The van der Waals surface area contributed by atoms with Crippen LogP contribution in [0.2, 0.25) is 0 Å². The fraction of sp³-hybridized carbons (Fsp3) is 0.353. The Morgan fingerprint density at radius 2 is 1.38 bits per heavy atom. The first-order valence-corrected chi connectivity index (χ1v) is 13.3. The Hall–Kier alpha value is -3.46. The van der Waals surface area contributed by atoms with Gasteiger partial charge in [-0.2, -0.15) is 0 Å². The molecule has 37 heavy (non-hydrogen) atoms. The lowest BCUT2D eigenvalue weighted by atomic mass is 9.64. The lowest BCUT2D eigenvalue weighted by Crippen LogP contribution is -2.47. The maximum Gasteiger partial charge on any atom is 0.328 e. The summed E-state index contributed by atoms with van der Waals surface area (Å²) in [6.45, 7) is 8.64. The number of allylic oxidation sites excluding steroid dienone is 1. The molecule has 1 aliphatic rings. The van der Waals surface area contributed by atoms with E-state index in [1.807, 2.05) is 73.7 Å². The van der Waals surface area contributed by atoms with Crippen molar-refractivity contribution in [3.63, 3.8) is 0 Å². The van der Waals surface area contributed by atoms with Gasteiger partial charge in [0.1, 0.15) is 12.4 Å². The molecule has 1 fully saturated rings. The van der Waals surface area contributed by atoms with Crippen molar-refractivity contribution in [2.45, 2.75) is 63.9 Å². The fourth-order valence-electron chi connectivity index (χ4n) is 5.85. The van der Waals surface area contributed by atoms with E-state index in [1.165, 1.54) is 5.56 Å². The van der Waals surface area contributed by atoms with Crippen LogP contribution in [0, 0.1) is 11.8 Å². The van der Waals surface area contributed by atoms with Gasteiger partial charge in [-0.3, -0.25) is 4.79 Å². The Morgan fingerprint density at radius 1 is 0.838 bits per heavy atom. The molecule has 0 heterocycles. The van der Waals surface area contributed by atoms with Gasteiger partial charge in [-0.1, -0.05) is 124 Å². The van der Waals surface area contributed by atoms with Crippen LogP contribution in [0.4, 0.5) is 0 Å². The first-order chi connectivity index (χ1) is 17.8. The van der Waals surface area contributed by atoms with Gasteiger partial charge < -0.3 is 9.53 Å². The van der Waals surface area contributed by atoms with Crippen molar-refractivity contribution in [1.82, 2.24) is 0 Å². The number of rotatable bonds is 8. The summed E-state index contributed by atoms with van der Waals surface area (Å²) in [7, 11) is 0. The molecular weight excluding hydrogens is 456 g/mol. The van der Waals surface area contributed by atoms with Crippen LogP contribution in [0.5, 0.6) is 0 Å². The predicted molar refractivity (Wildman–Crippen MR) is 150 cm³/mol. The first kappa shape index (κ1) is 26.6. The molecule has 3 heteroatoms. The minimum absolute atomic E-state index is 0.148. The minimum Gasteiger partial charge on any atom is -0.461 e. The monoisotopic (exact) mass is 494 g/mol. The SMILES string of the molecule is C/C(=C/[C@](C=O)(C(=O)O[C@@H]1C[C@H](C)CC[C@H]1C(C)(C)c1ccccc1)c1ccccc1)c1ccccc1. The Morgan fingerprint density at radius 3 is 1.95 bits per heavy atom. The zero-order valence-electron chi connectivity index (χ0n) is 22.4. The van der Waals surface area contributed by atoms with Crippen molar-refractivity contribution in [3.05, 3.63) is 114 Å². The van der Waals surface area contributed by atoms with E-state index in [4.69, 9.17) is 4.74 Å². The maximum atomic E-state index is 14.1. The second-order valence-electron chi connectivity index (χ2n) is 11.1. The lowest BCUT2D eigenvalue weighted by molar-refractivity contribution is -0.162. The van der Waals surface area contributed by atoms with Crippen LogP contribution in [0.3, 0.4) is 0 Å². The molecule has 0 N–H and O–H groups in total. The number of hydrogen-bond donors (Lipinski definition) is 0. The summed E-state index contributed by atoms with van der Waals surface area (Å²) in [4.78, 5) is 27.0. The van der Waals surface area contributed by atoms with Crippen LogP contribution in [0.25, 0.3) is 5.57 Å². The van der Waals surface area contributed by atoms with Crippen LogP contribution in [0.1, 0.15) is 63.6 Å². The molecule has 0 unspecified atom stereocenters. The third-order valence-electron chi connectivity index (χ3n) is 8.21. The Labute approximate surface area is 221 Å². The molecule has 4 atom stereocenters. The first-order valence-electron chi connectivity index (χ1n) is 13.3. The maximum absolute atomic E-state index is 14.1. The zero-order chi connectivity index (χ0) is 26.5. The Kier molecular flexibility index (Phi) is 8.12. The van der Waals surface area contributed by atoms with E-state index in [0.717, 1.165) is 36.7 Å². The summed E-state index contributed by atoms with van der Waals surface area (Å²) >= 11 is 0. The molecule has 0 radical (unpaired) electrons. The van der Waals surface area contributed by atoms with Gasteiger partial charge >= 0.3 is 5.97 Å². The number of hydrogen-bond acceptors (Lipinski definition) is 3. The highest BCUT2D eigenvalue weighted by Crippen LogP contribution is 2.44. The van der Waals surface area contributed by atoms with Gasteiger partial charge in [-0.25, -0.2) is 0 Å². The van der Waals surface area contributed by atoms with Crippen LogP contribution in [-0.2, 0) is 25.2 Å². The summed E-state index contributed by atoms with van der Waals surface area (Å²) in [5.41, 5.74) is 1.97. The molecule has 0 aromatic heterocycles. The smallest absolute Gasteiger partial charge is 0.328 e. The van der Waals surface area contributed by atoms with E-state index in [1.54, 1.807) is 6.08 Å². The van der Waals surface area contributed by atoms with Crippen LogP contribution < -0.4 is 0 Å². The molecule has 3 aromatic carbocycles. The highest BCUT2D eigenvalue weighted by molar-refractivity contribution is 6.04. The molecule has 1 saturated carbocycles. The number of ether oxygens (including phenoxy) is 1. The van der Waals surface area contributed by atoms with Crippen LogP contribution in [0.15, 0.2) is 97.1 Å². The standard InChI is InChI=1S/C34H38O3/c1-25-20-21-30(33(3,4)28-16-10-6-11-17-28)31(22-25)37-32(36)34(24-35,29-18-12-7-13-19-29)23-26(2)27-14-8-5-9-15-27/h5-19,23-25,30-31H,20-22H2,1-4H3/b26-23-/t25-,30-,31-,34-/m1/s1. The van der Waals surface area contributed by atoms with E-state index < -0.39 is 11.4 Å². The van der Waals surface area contributed by atoms with E-state index in [0.29, 0.717) is 11.5 Å². The quantitative estimate of drug-likeness (QED) is 0.184. The molecule has 0 saturated heterocycles. The van der Waals surface area contributed by atoms with Gasteiger partial charge in [0, 0.05) is 5.92 Å². The Bertz CT molecular complexity index is 1210. The van der Waals surface area contributed by atoms with Crippen molar-refractivity contribution in [3.8, 4) is 0 Å². The van der Waals surface area contributed by atoms with Crippen molar-refractivity contribution < 1.29 is 14.3 Å². The highest BCUT2D eigenvalue weighted by Gasteiger charge is 2.46. The summed E-state index contributed by atoms with van der Waals surface area (Å²) in [5.74, 6) is 0.0934. The molecule has 4 rings (SSSR count). The number of benzene rings is 3. The molecule has 0 amide bonds. The van der Waals surface area contributed by atoms with Crippen molar-refractivity contribution in [1.29, 1.82) is 0 Å². The summed E-state index contributed by atoms with van der Waals surface area (Å²) in [6.07, 6.45) is 5.10. The number of esters is 1. The number of aldehydes is 1. The van der Waals surface area contributed by atoms with E-state index in [-0.39, 0.29) is 17.4 Å². The average Bonchev–Trinajstić information content (AvgIpc) is 2.93. The van der Waals surface area contributed by atoms with Crippen LogP contribution in [-0.4, -0.2) is 18.4 Å². The summed E-state index contributed by atoms with van der Waals surface area (Å²) in [5, 5.41) is 0. The predicted octanol–water partition coefficient (Wildman–Crippen LogP) is 7.55. The van der Waals surface area contributed by atoms with E-state index in [9.17, 15) is 9.59 Å². The normalized spacial score (nSPS) is 22.1. The molecular formula is C34H38O3. The van der Waals surface area contributed by atoms with Crippen LogP contribution >= 0.6 is 0 Å². The fourth-order valence-corrected chi connectivity index (χ4v) is 5.85. The zero-order valence-corrected chi connectivity index (χ0v) is 22.4. The third-order valence-corrected chi connectivity index (χ3v) is 8.21. The van der Waals surface area contributed by atoms with Crippen molar-refractivity contribution in [2.24, 2.45) is 11.8 Å². The number of carbonyl (C=O) groups is 2. The second-order valence-corrected chi connectivity index (χ2v) is 11.1. The van der Waals surface area contributed by atoms with Crippen molar-refractivity contribution in [2.75, 3.05) is 0 Å². The van der Waals surface area contributed by atoms with E-state index >= 15 is 0 Å². The summed E-state index contributed by atoms with van der Waals surface area (Å²) < 4.78 is 6.42. The van der Waals surface area contributed by atoms with Crippen molar-refractivity contribution >= 4 is 17.8 Å². The van der Waals surface area contributed by atoms with Gasteiger partial charge in [-0.15, -0.1) is 0 Å². The number of carbonyl (C=O) groups excluding carboxylic acids is 2. The molecule has 0 bridgehead atoms. The summed E-state index contributed by atoms with van der Waals surface area (Å²) in [6, 6.07) is 29.6. The lowest BCUT2D eigenvalue weighted by Gasteiger charge is -2.44. The molecule has 1 aliphatic carbocycles. The topological polar surface area (TPSA) is 43.4 Å². The van der Waals surface area contributed by atoms with E-state index in [2.05, 4.69) is 45.0 Å². The van der Waals surface area contributed by atoms with Gasteiger partial charge in [0.2, 0.25) is 0 Å². The molecule has 0 aliphatic heterocycles. The largest absolute Gasteiger partial charge is 0.461 e. The molecule has 3 aromatic rings. The molecule has 0 spiro atoms. The highest BCUT2D eigenvalue weighted by atomic mass is 16.5. The Balaban J connectivity index is 1.73. The van der Waals surface area contributed by atoms with Gasteiger partial charge in [0.25, 0.3) is 0 Å². The van der Waals surface area contributed by atoms with Gasteiger partial charge in [0.05, 0.1) is 0 Å². The second kappa shape index (κ2) is 11.3. The molecule has 3 nitrogen and oxygen atoms in total. The van der Waals surface area contributed by atoms with Gasteiger partial charge in [0.15, 0.2) is 5.41 Å². The molecule has 192 valence electrons.